The number of likely N-dealkylation sites (N-methyl/N-ethyl adjacent to an activating group) is 1. The fraction of sp³-hybridized carbons (Fsp3) is 0.600. The third-order valence-corrected chi connectivity index (χ3v) is 3.82. The SMILES string of the molecule is Cc1ccc(CC(N)C2CN(C)CCO2)cc1C. The van der Waals surface area contributed by atoms with Crippen molar-refractivity contribution in [3.63, 3.8) is 0 Å². The molecule has 2 rings (SSSR count). The Labute approximate surface area is 110 Å². The molecule has 0 aliphatic carbocycles. The number of benzene rings is 1. The van der Waals surface area contributed by atoms with Crippen molar-refractivity contribution < 1.29 is 4.74 Å². The Morgan fingerprint density at radius 1 is 1.39 bits per heavy atom. The quantitative estimate of drug-likeness (QED) is 0.881. The predicted octanol–water partition coefficient (Wildman–Crippen LogP) is 1.50. The highest BCUT2D eigenvalue weighted by Crippen LogP contribution is 2.14. The maximum Gasteiger partial charge on any atom is 0.0856 e. The molecule has 0 saturated carbocycles. The van der Waals surface area contributed by atoms with Gasteiger partial charge in [0.25, 0.3) is 0 Å². The summed E-state index contributed by atoms with van der Waals surface area (Å²) in [6.45, 7) is 7.02. The molecule has 3 heteroatoms. The molecule has 0 radical (unpaired) electrons. The molecule has 2 N–H and O–H groups in total. The average Bonchev–Trinajstić information content (AvgIpc) is 2.34. The van der Waals surface area contributed by atoms with E-state index in [0.29, 0.717) is 0 Å². The molecule has 0 amide bonds. The lowest BCUT2D eigenvalue weighted by molar-refractivity contribution is -0.0319. The number of nitrogens with two attached hydrogens (primary N) is 1. The van der Waals surface area contributed by atoms with Gasteiger partial charge in [-0.2, -0.15) is 0 Å². The zero-order chi connectivity index (χ0) is 13.1. The Kier molecular flexibility index (Phi) is 4.38. The lowest BCUT2D eigenvalue weighted by atomic mass is 9.98. The summed E-state index contributed by atoms with van der Waals surface area (Å²) in [5.41, 5.74) is 10.3. The van der Waals surface area contributed by atoms with Crippen LogP contribution in [0.5, 0.6) is 0 Å². The van der Waals surface area contributed by atoms with E-state index in [-0.39, 0.29) is 12.1 Å². The summed E-state index contributed by atoms with van der Waals surface area (Å²) in [7, 11) is 2.12. The summed E-state index contributed by atoms with van der Waals surface area (Å²) in [5.74, 6) is 0. The number of ether oxygens (including phenoxy) is 1. The van der Waals surface area contributed by atoms with Crippen LogP contribution >= 0.6 is 0 Å². The maximum absolute atomic E-state index is 6.28. The van der Waals surface area contributed by atoms with Gasteiger partial charge in [0.2, 0.25) is 0 Å². The fourth-order valence-electron chi connectivity index (χ4n) is 2.40. The summed E-state index contributed by atoms with van der Waals surface area (Å²) in [4.78, 5) is 2.29. The zero-order valence-electron chi connectivity index (χ0n) is 11.6. The molecule has 1 saturated heterocycles. The molecule has 100 valence electrons. The summed E-state index contributed by atoms with van der Waals surface area (Å²) < 4.78 is 5.77. The number of morpholine rings is 1. The van der Waals surface area contributed by atoms with E-state index in [0.717, 1.165) is 26.1 Å². The smallest absolute Gasteiger partial charge is 0.0856 e. The van der Waals surface area contributed by atoms with E-state index in [1.165, 1.54) is 16.7 Å². The molecule has 1 aromatic carbocycles. The Morgan fingerprint density at radius 2 is 2.17 bits per heavy atom. The van der Waals surface area contributed by atoms with Gasteiger partial charge in [-0.05, 0) is 44.0 Å². The first-order valence-corrected chi connectivity index (χ1v) is 6.68. The Morgan fingerprint density at radius 3 is 2.83 bits per heavy atom. The lowest BCUT2D eigenvalue weighted by Crippen LogP contribution is -2.50. The van der Waals surface area contributed by atoms with Gasteiger partial charge in [0.15, 0.2) is 0 Å². The standard InChI is InChI=1S/C15H24N2O/c1-11-4-5-13(8-12(11)2)9-14(16)15-10-17(3)6-7-18-15/h4-5,8,14-15H,6-7,9-10,16H2,1-3H3. The first-order chi connectivity index (χ1) is 8.56. The van der Waals surface area contributed by atoms with Gasteiger partial charge < -0.3 is 15.4 Å². The highest BCUT2D eigenvalue weighted by atomic mass is 16.5. The van der Waals surface area contributed by atoms with E-state index in [1.807, 2.05) is 0 Å². The van der Waals surface area contributed by atoms with Gasteiger partial charge in [0, 0.05) is 19.1 Å². The molecule has 0 aromatic heterocycles. The van der Waals surface area contributed by atoms with Crippen LogP contribution in [-0.2, 0) is 11.2 Å². The number of nitrogens with zero attached hydrogens (tertiary/aromatic N) is 1. The van der Waals surface area contributed by atoms with Crippen molar-refractivity contribution in [2.45, 2.75) is 32.4 Å². The highest BCUT2D eigenvalue weighted by Gasteiger charge is 2.24. The first-order valence-electron chi connectivity index (χ1n) is 6.68. The molecule has 0 spiro atoms. The fourth-order valence-corrected chi connectivity index (χ4v) is 2.40. The number of aryl methyl sites for hydroxylation is 2. The topological polar surface area (TPSA) is 38.5 Å². The molecule has 1 aliphatic heterocycles. The molecule has 1 aliphatic rings. The molecule has 1 aromatic rings. The Balaban J connectivity index is 1.97. The summed E-state index contributed by atoms with van der Waals surface area (Å²) in [6.07, 6.45) is 1.05. The van der Waals surface area contributed by atoms with Crippen LogP contribution in [0.2, 0.25) is 0 Å². The van der Waals surface area contributed by atoms with Gasteiger partial charge in [-0.25, -0.2) is 0 Å². The minimum atomic E-state index is 0.0786. The van der Waals surface area contributed by atoms with Crippen LogP contribution in [0.25, 0.3) is 0 Å². The van der Waals surface area contributed by atoms with Gasteiger partial charge >= 0.3 is 0 Å². The summed E-state index contributed by atoms with van der Waals surface area (Å²) in [6, 6.07) is 6.66. The molecule has 2 atom stereocenters. The van der Waals surface area contributed by atoms with Crippen molar-refractivity contribution >= 4 is 0 Å². The minimum Gasteiger partial charge on any atom is -0.374 e. The van der Waals surface area contributed by atoms with Gasteiger partial charge in [-0.1, -0.05) is 18.2 Å². The van der Waals surface area contributed by atoms with Crippen molar-refractivity contribution in [2.24, 2.45) is 5.73 Å². The monoisotopic (exact) mass is 248 g/mol. The molecule has 18 heavy (non-hydrogen) atoms. The van der Waals surface area contributed by atoms with Crippen LogP contribution in [0.1, 0.15) is 16.7 Å². The van der Waals surface area contributed by atoms with Crippen molar-refractivity contribution in [1.29, 1.82) is 0 Å². The molecule has 1 heterocycles. The number of rotatable bonds is 3. The molecule has 1 fully saturated rings. The first kappa shape index (κ1) is 13.5. The van der Waals surface area contributed by atoms with E-state index >= 15 is 0 Å². The Bertz CT molecular complexity index is 405. The second-order valence-electron chi connectivity index (χ2n) is 5.46. The number of hydrogen-bond acceptors (Lipinski definition) is 3. The molecule has 3 nitrogen and oxygen atoms in total. The Hall–Kier alpha value is -0.900. The van der Waals surface area contributed by atoms with Gasteiger partial charge in [0.1, 0.15) is 0 Å². The third-order valence-electron chi connectivity index (χ3n) is 3.82. The van der Waals surface area contributed by atoms with Gasteiger partial charge in [0.05, 0.1) is 12.7 Å². The van der Waals surface area contributed by atoms with Crippen LogP contribution in [-0.4, -0.2) is 43.8 Å². The number of hydrogen-bond donors (Lipinski definition) is 1. The minimum absolute atomic E-state index is 0.0786. The second kappa shape index (κ2) is 5.83. The van der Waals surface area contributed by atoms with Crippen LogP contribution in [0.4, 0.5) is 0 Å². The van der Waals surface area contributed by atoms with Gasteiger partial charge in [-0.15, -0.1) is 0 Å². The molecular formula is C15H24N2O. The maximum atomic E-state index is 6.28. The van der Waals surface area contributed by atoms with E-state index < -0.39 is 0 Å². The van der Waals surface area contributed by atoms with E-state index in [9.17, 15) is 0 Å². The predicted molar refractivity (Wildman–Crippen MR) is 74.8 cm³/mol. The average molecular weight is 248 g/mol. The molecule has 2 unspecified atom stereocenters. The van der Waals surface area contributed by atoms with Crippen molar-refractivity contribution in [1.82, 2.24) is 4.90 Å². The molecular weight excluding hydrogens is 224 g/mol. The zero-order valence-corrected chi connectivity index (χ0v) is 11.6. The van der Waals surface area contributed by atoms with Gasteiger partial charge in [-0.3, -0.25) is 0 Å². The van der Waals surface area contributed by atoms with E-state index in [4.69, 9.17) is 10.5 Å². The molecule has 0 bridgehead atoms. The summed E-state index contributed by atoms with van der Waals surface area (Å²) in [5, 5.41) is 0. The van der Waals surface area contributed by atoms with Crippen LogP contribution in [0.3, 0.4) is 0 Å². The second-order valence-corrected chi connectivity index (χ2v) is 5.46. The van der Waals surface area contributed by atoms with E-state index in [1.54, 1.807) is 0 Å². The van der Waals surface area contributed by atoms with Crippen molar-refractivity contribution in [3.05, 3.63) is 34.9 Å². The van der Waals surface area contributed by atoms with Crippen LogP contribution in [0, 0.1) is 13.8 Å². The van der Waals surface area contributed by atoms with Crippen molar-refractivity contribution in [2.75, 3.05) is 26.7 Å². The van der Waals surface area contributed by atoms with E-state index in [2.05, 4.69) is 44.0 Å². The lowest BCUT2D eigenvalue weighted by Gasteiger charge is -2.33. The van der Waals surface area contributed by atoms with Crippen molar-refractivity contribution in [3.8, 4) is 0 Å². The largest absolute Gasteiger partial charge is 0.374 e. The normalized spacial score (nSPS) is 23.0. The highest BCUT2D eigenvalue weighted by molar-refractivity contribution is 5.30. The third kappa shape index (κ3) is 3.31. The summed E-state index contributed by atoms with van der Waals surface area (Å²) >= 11 is 0. The van der Waals surface area contributed by atoms with Crippen LogP contribution in [0.15, 0.2) is 18.2 Å². The van der Waals surface area contributed by atoms with Crippen LogP contribution < -0.4 is 5.73 Å².